The third kappa shape index (κ3) is 1.46. The Hall–Kier alpha value is -0.890. The third-order valence-corrected chi connectivity index (χ3v) is 2.68. The molecule has 0 unspecified atom stereocenters. The summed E-state index contributed by atoms with van der Waals surface area (Å²) in [5.41, 5.74) is 1.97. The third-order valence-electron chi connectivity index (χ3n) is 2.68. The molecule has 0 atom stereocenters. The van der Waals surface area contributed by atoms with Crippen molar-refractivity contribution in [2.24, 2.45) is 0 Å². The molecular formula is C11H13FO. The van der Waals surface area contributed by atoms with Crippen molar-refractivity contribution in [3.05, 3.63) is 34.9 Å². The van der Waals surface area contributed by atoms with E-state index in [-0.39, 0.29) is 0 Å². The number of halogens is 1. The summed E-state index contributed by atoms with van der Waals surface area (Å²) < 4.78 is 12.4. The monoisotopic (exact) mass is 180 g/mol. The Labute approximate surface area is 77.2 Å². The molecule has 0 aliphatic heterocycles. The van der Waals surface area contributed by atoms with E-state index in [0.29, 0.717) is 5.56 Å². The molecule has 0 saturated heterocycles. The fourth-order valence-electron chi connectivity index (χ4n) is 1.64. The summed E-state index contributed by atoms with van der Waals surface area (Å²) in [5.74, 6) is 0. The Morgan fingerprint density at radius 1 is 1.46 bits per heavy atom. The van der Waals surface area contributed by atoms with E-state index >= 15 is 0 Å². The highest BCUT2D eigenvalue weighted by molar-refractivity contribution is 5.38. The van der Waals surface area contributed by atoms with Crippen LogP contribution in [0.4, 0.5) is 4.39 Å². The van der Waals surface area contributed by atoms with Gasteiger partial charge >= 0.3 is 0 Å². The summed E-state index contributed by atoms with van der Waals surface area (Å²) in [7, 11) is 0. The van der Waals surface area contributed by atoms with Crippen LogP contribution in [0.1, 0.15) is 29.5 Å². The van der Waals surface area contributed by atoms with Gasteiger partial charge in [-0.3, -0.25) is 0 Å². The molecule has 0 heterocycles. The highest BCUT2D eigenvalue weighted by Gasteiger charge is 2.43. The highest BCUT2D eigenvalue weighted by Crippen LogP contribution is 2.46. The van der Waals surface area contributed by atoms with E-state index in [1.807, 2.05) is 13.0 Å². The number of aryl methyl sites for hydroxylation is 1. The lowest BCUT2D eigenvalue weighted by Gasteiger charge is -2.12. The van der Waals surface area contributed by atoms with Crippen molar-refractivity contribution < 1.29 is 9.50 Å². The maximum Gasteiger partial charge on any atom is 0.115 e. The molecule has 70 valence electrons. The number of hydrogen-bond donors (Lipinski definition) is 1. The zero-order valence-corrected chi connectivity index (χ0v) is 7.68. The van der Waals surface area contributed by atoms with Gasteiger partial charge in [0.2, 0.25) is 0 Å². The predicted molar refractivity (Wildman–Crippen MR) is 49.1 cm³/mol. The normalized spacial score (nSPS) is 18.7. The van der Waals surface area contributed by atoms with E-state index in [4.69, 9.17) is 0 Å². The Balaban J connectivity index is 2.43. The van der Waals surface area contributed by atoms with Crippen LogP contribution in [0, 0.1) is 6.92 Å². The van der Waals surface area contributed by atoms with Gasteiger partial charge in [0.15, 0.2) is 0 Å². The van der Waals surface area contributed by atoms with Gasteiger partial charge in [0.05, 0.1) is 5.60 Å². The molecule has 0 spiro atoms. The molecule has 0 radical (unpaired) electrons. The Kier molecular flexibility index (Phi) is 1.88. The quantitative estimate of drug-likeness (QED) is 0.741. The first-order chi connectivity index (χ1) is 6.15. The zero-order chi connectivity index (χ0) is 9.47. The van der Waals surface area contributed by atoms with Crippen molar-refractivity contribution in [1.29, 1.82) is 0 Å². The van der Waals surface area contributed by atoms with E-state index in [9.17, 15) is 9.50 Å². The Morgan fingerprint density at radius 3 is 2.69 bits per heavy atom. The van der Waals surface area contributed by atoms with E-state index < -0.39 is 12.3 Å². The van der Waals surface area contributed by atoms with Gasteiger partial charge in [0, 0.05) is 0 Å². The SMILES string of the molecule is Cc1ccc(CF)cc1C1(O)CC1. The van der Waals surface area contributed by atoms with E-state index in [2.05, 4.69) is 0 Å². The van der Waals surface area contributed by atoms with Crippen molar-refractivity contribution in [3.8, 4) is 0 Å². The summed E-state index contributed by atoms with van der Waals surface area (Å²) in [6, 6.07) is 5.42. The topological polar surface area (TPSA) is 20.2 Å². The molecule has 0 amide bonds. The fourth-order valence-corrected chi connectivity index (χ4v) is 1.64. The van der Waals surface area contributed by atoms with Crippen molar-refractivity contribution >= 4 is 0 Å². The van der Waals surface area contributed by atoms with Crippen molar-refractivity contribution in [2.45, 2.75) is 32.0 Å². The first kappa shape index (κ1) is 8.70. The van der Waals surface area contributed by atoms with Crippen LogP contribution in [0.3, 0.4) is 0 Å². The van der Waals surface area contributed by atoms with Crippen LogP contribution in [0.2, 0.25) is 0 Å². The lowest BCUT2D eigenvalue weighted by atomic mass is 9.99. The van der Waals surface area contributed by atoms with Gasteiger partial charge in [-0.25, -0.2) is 4.39 Å². The van der Waals surface area contributed by atoms with Gasteiger partial charge in [-0.1, -0.05) is 18.2 Å². The summed E-state index contributed by atoms with van der Waals surface area (Å²) in [4.78, 5) is 0. The minimum absolute atomic E-state index is 0.455. The number of hydrogen-bond acceptors (Lipinski definition) is 1. The van der Waals surface area contributed by atoms with Crippen LogP contribution in [-0.4, -0.2) is 5.11 Å². The summed E-state index contributed by atoms with van der Waals surface area (Å²) in [6.07, 6.45) is 1.62. The Morgan fingerprint density at radius 2 is 2.15 bits per heavy atom. The summed E-state index contributed by atoms with van der Waals surface area (Å²) in [6.45, 7) is 1.50. The molecule has 2 heteroatoms. The lowest BCUT2D eigenvalue weighted by Crippen LogP contribution is -2.07. The van der Waals surface area contributed by atoms with E-state index in [1.54, 1.807) is 12.1 Å². The standard InChI is InChI=1S/C11H13FO/c1-8-2-3-9(7-12)6-10(8)11(13)4-5-11/h2-3,6,13H,4-5,7H2,1H3. The largest absolute Gasteiger partial charge is 0.385 e. The molecule has 1 saturated carbocycles. The van der Waals surface area contributed by atoms with Crippen LogP contribution in [0.5, 0.6) is 0 Å². The molecule has 1 aliphatic rings. The first-order valence-electron chi connectivity index (χ1n) is 4.54. The highest BCUT2D eigenvalue weighted by atomic mass is 19.1. The average Bonchev–Trinajstić information content (AvgIpc) is 2.86. The number of benzene rings is 1. The van der Waals surface area contributed by atoms with Crippen LogP contribution < -0.4 is 0 Å². The second-order valence-corrected chi connectivity index (χ2v) is 3.81. The molecule has 1 nitrogen and oxygen atoms in total. The fraction of sp³-hybridized carbons (Fsp3) is 0.455. The maximum absolute atomic E-state index is 12.4. The van der Waals surface area contributed by atoms with Crippen LogP contribution >= 0.6 is 0 Å². The van der Waals surface area contributed by atoms with Gasteiger partial charge < -0.3 is 5.11 Å². The van der Waals surface area contributed by atoms with Gasteiger partial charge in [0.25, 0.3) is 0 Å². The first-order valence-corrected chi connectivity index (χ1v) is 4.54. The molecule has 13 heavy (non-hydrogen) atoms. The number of aliphatic hydroxyl groups is 1. The number of alkyl halides is 1. The maximum atomic E-state index is 12.4. The molecule has 2 rings (SSSR count). The molecule has 0 bridgehead atoms. The predicted octanol–water partition coefficient (Wildman–Crippen LogP) is 2.45. The van der Waals surface area contributed by atoms with E-state index in [0.717, 1.165) is 24.0 Å². The summed E-state index contributed by atoms with van der Waals surface area (Å²) in [5, 5.41) is 9.88. The molecule has 1 aliphatic carbocycles. The van der Waals surface area contributed by atoms with Gasteiger partial charge in [0.1, 0.15) is 6.67 Å². The molecule has 1 aromatic rings. The molecule has 1 fully saturated rings. The van der Waals surface area contributed by atoms with Crippen LogP contribution in [0.25, 0.3) is 0 Å². The van der Waals surface area contributed by atoms with Crippen molar-refractivity contribution in [2.75, 3.05) is 0 Å². The molecule has 1 N–H and O–H groups in total. The lowest BCUT2D eigenvalue weighted by molar-refractivity contribution is 0.150. The van der Waals surface area contributed by atoms with Crippen molar-refractivity contribution in [3.63, 3.8) is 0 Å². The minimum atomic E-state index is -0.644. The minimum Gasteiger partial charge on any atom is -0.385 e. The smallest absolute Gasteiger partial charge is 0.115 e. The summed E-state index contributed by atoms with van der Waals surface area (Å²) >= 11 is 0. The molecule has 0 aromatic heterocycles. The van der Waals surface area contributed by atoms with Gasteiger partial charge in [-0.15, -0.1) is 0 Å². The number of rotatable bonds is 2. The van der Waals surface area contributed by atoms with Crippen LogP contribution in [0.15, 0.2) is 18.2 Å². The van der Waals surface area contributed by atoms with E-state index in [1.165, 1.54) is 0 Å². The van der Waals surface area contributed by atoms with Gasteiger partial charge in [-0.05, 0) is 36.5 Å². The molecule has 1 aromatic carbocycles. The van der Waals surface area contributed by atoms with Gasteiger partial charge in [-0.2, -0.15) is 0 Å². The second kappa shape index (κ2) is 2.81. The van der Waals surface area contributed by atoms with Crippen LogP contribution in [-0.2, 0) is 12.3 Å². The molecular weight excluding hydrogens is 167 g/mol. The zero-order valence-electron chi connectivity index (χ0n) is 7.68. The average molecular weight is 180 g/mol. The second-order valence-electron chi connectivity index (χ2n) is 3.81. The van der Waals surface area contributed by atoms with Crippen molar-refractivity contribution in [1.82, 2.24) is 0 Å². The Bertz CT molecular complexity index is 329.